The molecule has 1 aromatic rings. The highest BCUT2D eigenvalue weighted by molar-refractivity contribution is 6.07. The molecule has 3 rings (SSSR count). The van der Waals surface area contributed by atoms with Crippen LogP contribution in [0.3, 0.4) is 0 Å². The molecule has 0 bridgehead atoms. The SMILES string of the molecule is CC1CCC2(CC1)NC(=O)N(N=Cc1cccnc1)C2=O. The van der Waals surface area contributed by atoms with E-state index in [-0.39, 0.29) is 5.91 Å². The molecule has 21 heavy (non-hydrogen) atoms. The quantitative estimate of drug-likeness (QED) is 0.666. The fourth-order valence-electron chi connectivity index (χ4n) is 2.88. The predicted molar refractivity (Wildman–Crippen MR) is 77.6 cm³/mol. The molecule has 2 aliphatic rings. The Balaban J connectivity index is 1.77. The summed E-state index contributed by atoms with van der Waals surface area (Å²) in [6, 6.07) is 3.15. The van der Waals surface area contributed by atoms with Gasteiger partial charge in [0.25, 0.3) is 5.91 Å². The molecule has 3 amide bonds. The molecule has 2 fully saturated rings. The Morgan fingerprint density at radius 2 is 2.19 bits per heavy atom. The molecule has 1 aliphatic heterocycles. The van der Waals surface area contributed by atoms with Gasteiger partial charge in [-0.05, 0) is 37.7 Å². The fourth-order valence-corrected chi connectivity index (χ4v) is 2.88. The minimum Gasteiger partial charge on any atom is -0.321 e. The monoisotopic (exact) mass is 286 g/mol. The first-order valence-electron chi connectivity index (χ1n) is 7.21. The van der Waals surface area contributed by atoms with Gasteiger partial charge in [-0.3, -0.25) is 9.78 Å². The Hall–Kier alpha value is -2.24. The fraction of sp³-hybridized carbons (Fsp3) is 0.467. The van der Waals surface area contributed by atoms with Crippen molar-refractivity contribution in [3.8, 4) is 0 Å². The van der Waals surface area contributed by atoms with Crippen LogP contribution in [0, 0.1) is 5.92 Å². The van der Waals surface area contributed by atoms with Crippen LogP contribution in [-0.2, 0) is 4.79 Å². The number of rotatable bonds is 2. The van der Waals surface area contributed by atoms with E-state index in [1.54, 1.807) is 18.5 Å². The number of hydrogen-bond donors (Lipinski definition) is 1. The van der Waals surface area contributed by atoms with Gasteiger partial charge >= 0.3 is 6.03 Å². The molecule has 0 aromatic carbocycles. The first kappa shape index (κ1) is 13.7. The van der Waals surface area contributed by atoms with Crippen LogP contribution in [0.25, 0.3) is 0 Å². The number of hydrogen-bond acceptors (Lipinski definition) is 4. The molecule has 1 spiro atoms. The van der Waals surface area contributed by atoms with Crippen molar-refractivity contribution in [1.82, 2.24) is 15.3 Å². The van der Waals surface area contributed by atoms with Crippen LogP contribution in [0.1, 0.15) is 38.2 Å². The summed E-state index contributed by atoms with van der Waals surface area (Å²) in [7, 11) is 0. The van der Waals surface area contributed by atoms with E-state index in [0.29, 0.717) is 18.8 Å². The maximum Gasteiger partial charge on any atom is 0.346 e. The molecule has 6 nitrogen and oxygen atoms in total. The number of urea groups is 1. The van der Waals surface area contributed by atoms with Crippen molar-refractivity contribution in [3.63, 3.8) is 0 Å². The Morgan fingerprint density at radius 1 is 1.43 bits per heavy atom. The lowest BCUT2D eigenvalue weighted by molar-refractivity contribution is -0.132. The molecule has 1 aromatic heterocycles. The largest absolute Gasteiger partial charge is 0.346 e. The summed E-state index contributed by atoms with van der Waals surface area (Å²) < 4.78 is 0. The van der Waals surface area contributed by atoms with Gasteiger partial charge in [-0.2, -0.15) is 5.10 Å². The minimum atomic E-state index is -0.740. The van der Waals surface area contributed by atoms with Crippen LogP contribution in [0.15, 0.2) is 29.6 Å². The van der Waals surface area contributed by atoms with Crippen LogP contribution in [0.5, 0.6) is 0 Å². The summed E-state index contributed by atoms with van der Waals surface area (Å²) in [5, 5.41) is 7.81. The molecule has 0 radical (unpaired) electrons. The molecule has 1 saturated heterocycles. The van der Waals surface area contributed by atoms with Crippen LogP contribution < -0.4 is 5.32 Å². The molecule has 0 unspecified atom stereocenters. The van der Waals surface area contributed by atoms with Gasteiger partial charge < -0.3 is 5.32 Å². The third-order valence-electron chi connectivity index (χ3n) is 4.27. The highest BCUT2D eigenvalue weighted by Gasteiger charge is 2.52. The average Bonchev–Trinajstić information content (AvgIpc) is 2.73. The third-order valence-corrected chi connectivity index (χ3v) is 4.27. The zero-order chi connectivity index (χ0) is 14.9. The molecule has 1 aliphatic carbocycles. The van der Waals surface area contributed by atoms with E-state index in [9.17, 15) is 9.59 Å². The van der Waals surface area contributed by atoms with Crippen molar-refractivity contribution in [1.29, 1.82) is 0 Å². The van der Waals surface area contributed by atoms with Crippen molar-refractivity contribution in [3.05, 3.63) is 30.1 Å². The number of imide groups is 1. The number of carbonyl (C=O) groups is 2. The summed E-state index contributed by atoms with van der Waals surface area (Å²) in [6.45, 7) is 2.17. The molecule has 6 heteroatoms. The summed E-state index contributed by atoms with van der Waals surface area (Å²) in [5.74, 6) is 0.368. The average molecular weight is 286 g/mol. The molecule has 1 saturated carbocycles. The van der Waals surface area contributed by atoms with Crippen molar-refractivity contribution in [2.45, 2.75) is 38.1 Å². The van der Waals surface area contributed by atoms with Gasteiger partial charge in [-0.15, -0.1) is 5.01 Å². The van der Waals surface area contributed by atoms with Gasteiger partial charge in [0.05, 0.1) is 6.21 Å². The molecule has 0 atom stereocenters. The topological polar surface area (TPSA) is 74.7 Å². The first-order valence-corrected chi connectivity index (χ1v) is 7.21. The Labute approximate surface area is 123 Å². The summed E-state index contributed by atoms with van der Waals surface area (Å²) in [6.07, 6.45) is 8.05. The van der Waals surface area contributed by atoms with Gasteiger partial charge in [0.2, 0.25) is 0 Å². The number of pyridine rings is 1. The molecular formula is C15H18N4O2. The normalized spacial score (nSPS) is 29.4. The minimum absolute atomic E-state index is 0.237. The lowest BCUT2D eigenvalue weighted by Crippen LogP contribution is -2.49. The van der Waals surface area contributed by atoms with E-state index < -0.39 is 11.6 Å². The molecule has 110 valence electrons. The van der Waals surface area contributed by atoms with E-state index in [4.69, 9.17) is 0 Å². The molecule has 1 N–H and O–H groups in total. The number of nitrogens with one attached hydrogen (secondary N) is 1. The maximum atomic E-state index is 12.5. The second-order valence-corrected chi connectivity index (χ2v) is 5.84. The standard InChI is InChI=1S/C15H18N4O2/c1-11-4-6-15(7-5-11)13(20)19(14(21)18-15)17-10-12-3-2-8-16-9-12/h2-3,8-11H,4-7H2,1H3,(H,18,21). The number of aromatic nitrogens is 1. The van der Waals surface area contributed by atoms with Gasteiger partial charge in [0.15, 0.2) is 0 Å². The summed E-state index contributed by atoms with van der Waals surface area (Å²) in [5.41, 5.74) is 0.00638. The Bertz CT molecular complexity index is 577. The third kappa shape index (κ3) is 2.53. The van der Waals surface area contributed by atoms with Crippen LogP contribution in [0.2, 0.25) is 0 Å². The van der Waals surface area contributed by atoms with Crippen molar-refractivity contribution in [2.24, 2.45) is 11.0 Å². The number of amides is 3. The van der Waals surface area contributed by atoms with E-state index in [2.05, 4.69) is 22.3 Å². The molecular weight excluding hydrogens is 268 g/mol. The number of carbonyl (C=O) groups excluding carboxylic acids is 2. The van der Waals surface area contributed by atoms with Crippen molar-refractivity contribution >= 4 is 18.2 Å². The second kappa shape index (κ2) is 5.27. The second-order valence-electron chi connectivity index (χ2n) is 5.84. The van der Waals surface area contributed by atoms with E-state index in [1.807, 2.05) is 6.07 Å². The van der Waals surface area contributed by atoms with Gasteiger partial charge in [0, 0.05) is 18.0 Å². The van der Waals surface area contributed by atoms with Crippen LogP contribution in [-0.4, -0.2) is 33.7 Å². The van der Waals surface area contributed by atoms with E-state index >= 15 is 0 Å². The predicted octanol–water partition coefficient (Wildman–Crippen LogP) is 1.92. The summed E-state index contributed by atoms with van der Waals surface area (Å²) in [4.78, 5) is 28.5. The van der Waals surface area contributed by atoms with E-state index in [0.717, 1.165) is 23.4 Å². The lowest BCUT2D eigenvalue weighted by Gasteiger charge is -2.33. The zero-order valence-electron chi connectivity index (χ0n) is 12.0. The number of nitrogens with zero attached hydrogens (tertiary/aromatic N) is 3. The van der Waals surface area contributed by atoms with Crippen LogP contribution >= 0.6 is 0 Å². The van der Waals surface area contributed by atoms with Gasteiger partial charge in [-0.1, -0.05) is 13.0 Å². The zero-order valence-corrected chi connectivity index (χ0v) is 12.0. The highest BCUT2D eigenvalue weighted by Crippen LogP contribution is 2.36. The van der Waals surface area contributed by atoms with Crippen molar-refractivity contribution < 1.29 is 9.59 Å². The number of hydrazone groups is 1. The van der Waals surface area contributed by atoms with E-state index in [1.165, 1.54) is 6.21 Å². The lowest BCUT2D eigenvalue weighted by atomic mass is 9.77. The summed E-state index contributed by atoms with van der Waals surface area (Å²) >= 11 is 0. The maximum absolute atomic E-state index is 12.5. The first-order chi connectivity index (χ1) is 10.1. The van der Waals surface area contributed by atoms with Crippen LogP contribution in [0.4, 0.5) is 4.79 Å². The smallest absolute Gasteiger partial charge is 0.321 e. The molecule has 2 heterocycles. The Morgan fingerprint density at radius 3 is 2.86 bits per heavy atom. The van der Waals surface area contributed by atoms with Crippen molar-refractivity contribution in [2.75, 3.05) is 0 Å². The highest BCUT2D eigenvalue weighted by atomic mass is 16.2. The Kier molecular flexibility index (Phi) is 3.45. The van der Waals surface area contributed by atoms with Gasteiger partial charge in [0.1, 0.15) is 5.54 Å². The van der Waals surface area contributed by atoms with Gasteiger partial charge in [-0.25, -0.2) is 4.79 Å².